The van der Waals surface area contributed by atoms with Crippen molar-refractivity contribution in [1.82, 2.24) is 10.2 Å². The molecule has 2 saturated heterocycles. The highest BCUT2D eigenvalue weighted by molar-refractivity contribution is 6.09. The fraction of sp³-hybridized carbons (Fsp3) is 0.429. The van der Waals surface area contributed by atoms with Gasteiger partial charge < -0.3 is 24.9 Å². The van der Waals surface area contributed by atoms with Gasteiger partial charge in [0, 0.05) is 24.1 Å². The minimum atomic E-state index is -0.645. The summed E-state index contributed by atoms with van der Waals surface area (Å²) in [4.78, 5) is 14.1. The fourth-order valence-corrected chi connectivity index (χ4v) is 4.22. The van der Waals surface area contributed by atoms with Crippen molar-refractivity contribution in [2.75, 3.05) is 19.7 Å². The molecular weight excluding hydrogens is 461 g/mol. The number of carbonyl (C=O) groups excluding carboxylic acids is 1. The van der Waals surface area contributed by atoms with Crippen LogP contribution < -0.4 is 10.1 Å². The number of ether oxygens (including phenoxy) is 3. The minimum Gasteiger partial charge on any atom is -0.465 e. The number of halogens is 1. The van der Waals surface area contributed by atoms with Crippen LogP contribution in [0.25, 0.3) is 5.70 Å². The number of nitrogens with one attached hydrogen (secondary N) is 2. The summed E-state index contributed by atoms with van der Waals surface area (Å²) < 4.78 is 32.0. The lowest BCUT2D eigenvalue weighted by molar-refractivity contribution is -0.105. The van der Waals surface area contributed by atoms with E-state index in [1.165, 1.54) is 11.0 Å². The molecule has 2 fully saturated rings. The average Bonchev–Trinajstić information content (AvgIpc) is 3.22. The van der Waals surface area contributed by atoms with E-state index in [0.29, 0.717) is 35.7 Å². The quantitative estimate of drug-likeness (QED) is 0.553. The Morgan fingerprint density at radius 1 is 1.17 bits per heavy atom. The number of hydrogen-bond acceptors (Lipinski definition) is 6. The van der Waals surface area contributed by atoms with Gasteiger partial charge in [0.1, 0.15) is 17.2 Å². The molecule has 2 aromatic rings. The van der Waals surface area contributed by atoms with Crippen molar-refractivity contribution < 1.29 is 23.4 Å². The second-order valence-corrected chi connectivity index (χ2v) is 10.1. The Hall–Kier alpha value is -3.39. The number of carbonyl (C=O) groups is 1. The van der Waals surface area contributed by atoms with E-state index in [9.17, 15) is 9.18 Å². The summed E-state index contributed by atoms with van der Waals surface area (Å²) in [5.74, 6) is 0.313. The SMILES string of the molecule is CC(C)(C)OC(=O)N1CC(=N)/C(=C(\NCc2cccc(OC3CCCCO3)c2)c2ccccc2F)C1. The lowest BCUT2D eigenvalue weighted by Crippen LogP contribution is -2.35. The summed E-state index contributed by atoms with van der Waals surface area (Å²) >= 11 is 0. The molecule has 0 saturated carbocycles. The molecule has 1 atom stereocenters. The van der Waals surface area contributed by atoms with E-state index < -0.39 is 17.5 Å². The number of likely N-dealkylation sites (tertiary alicyclic amines) is 1. The third kappa shape index (κ3) is 6.63. The van der Waals surface area contributed by atoms with Gasteiger partial charge in [0.2, 0.25) is 0 Å². The third-order valence-corrected chi connectivity index (χ3v) is 5.93. The van der Waals surface area contributed by atoms with Crippen molar-refractivity contribution in [3.8, 4) is 5.75 Å². The van der Waals surface area contributed by atoms with Crippen molar-refractivity contribution in [3.05, 3.63) is 71.0 Å². The molecule has 0 radical (unpaired) electrons. The molecule has 36 heavy (non-hydrogen) atoms. The van der Waals surface area contributed by atoms with Crippen molar-refractivity contribution in [2.45, 2.75) is 58.5 Å². The summed E-state index contributed by atoms with van der Waals surface area (Å²) in [7, 11) is 0. The first-order valence-corrected chi connectivity index (χ1v) is 12.3. The average molecular weight is 496 g/mol. The normalized spacial score (nSPS) is 19.7. The van der Waals surface area contributed by atoms with Crippen LogP contribution in [0.1, 0.15) is 51.2 Å². The molecule has 7 nitrogen and oxygen atoms in total. The summed E-state index contributed by atoms with van der Waals surface area (Å²) in [6.07, 6.45) is 2.26. The maximum Gasteiger partial charge on any atom is 0.410 e. The Kier molecular flexibility index (Phi) is 7.94. The lowest BCUT2D eigenvalue weighted by atomic mass is 10.0. The molecule has 4 rings (SSSR count). The molecule has 8 heteroatoms. The highest BCUT2D eigenvalue weighted by Crippen LogP contribution is 2.27. The Morgan fingerprint density at radius 2 is 1.97 bits per heavy atom. The van der Waals surface area contributed by atoms with E-state index in [-0.39, 0.29) is 25.1 Å². The van der Waals surface area contributed by atoms with Crippen LogP contribution in [0.2, 0.25) is 0 Å². The zero-order valence-corrected chi connectivity index (χ0v) is 21.1. The fourth-order valence-electron chi connectivity index (χ4n) is 4.22. The highest BCUT2D eigenvalue weighted by Gasteiger charge is 2.32. The van der Waals surface area contributed by atoms with Crippen molar-refractivity contribution in [1.29, 1.82) is 5.41 Å². The first-order valence-electron chi connectivity index (χ1n) is 12.3. The van der Waals surface area contributed by atoms with Crippen LogP contribution in [0.15, 0.2) is 54.1 Å². The zero-order chi connectivity index (χ0) is 25.7. The molecule has 0 bridgehead atoms. The van der Waals surface area contributed by atoms with Crippen LogP contribution in [-0.4, -0.2) is 48.3 Å². The van der Waals surface area contributed by atoms with E-state index in [2.05, 4.69) is 5.32 Å². The second-order valence-electron chi connectivity index (χ2n) is 10.1. The van der Waals surface area contributed by atoms with Crippen molar-refractivity contribution in [3.63, 3.8) is 0 Å². The van der Waals surface area contributed by atoms with Gasteiger partial charge in [-0.15, -0.1) is 0 Å². The Labute approximate surface area is 211 Å². The Bertz CT molecular complexity index is 1140. The van der Waals surface area contributed by atoms with Gasteiger partial charge in [0.25, 0.3) is 0 Å². The first-order chi connectivity index (χ1) is 17.2. The van der Waals surface area contributed by atoms with Crippen LogP contribution in [0.5, 0.6) is 5.75 Å². The zero-order valence-electron chi connectivity index (χ0n) is 21.1. The van der Waals surface area contributed by atoms with Crippen molar-refractivity contribution >= 4 is 17.5 Å². The molecule has 1 unspecified atom stereocenters. The van der Waals surface area contributed by atoms with E-state index in [1.54, 1.807) is 39.0 Å². The van der Waals surface area contributed by atoms with Gasteiger partial charge >= 0.3 is 6.09 Å². The molecule has 2 heterocycles. The van der Waals surface area contributed by atoms with Gasteiger partial charge in [0.15, 0.2) is 6.29 Å². The Balaban J connectivity index is 1.55. The van der Waals surface area contributed by atoms with Gasteiger partial charge in [-0.05, 0) is 63.4 Å². The number of amides is 1. The van der Waals surface area contributed by atoms with E-state index in [1.807, 2.05) is 24.3 Å². The molecule has 0 spiro atoms. The van der Waals surface area contributed by atoms with Gasteiger partial charge in [0.05, 0.1) is 31.1 Å². The van der Waals surface area contributed by atoms with Crippen LogP contribution in [0.4, 0.5) is 9.18 Å². The molecule has 2 aliphatic rings. The molecule has 192 valence electrons. The summed E-state index contributed by atoms with van der Waals surface area (Å²) in [5.41, 5.74) is 1.95. The minimum absolute atomic E-state index is 0.106. The monoisotopic (exact) mass is 495 g/mol. The van der Waals surface area contributed by atoms with Gasteiger partial charge in [-0.25, -0.2) is 9.18 Å². The lowest BCUT2D eigenvalue weighted by Gasteiger charge is -2.24. The van der Waals surface area contributed by atoms with E-state index in [0.717, 1.165) is 24.8 Å². The molecular formula is C28H34FN3O4. The summed E-state index contributed by atoms with van der Waals surface area (Å²) in [5, 5.41) is 11.9. The largest absolute Gasteiger partial charge is 0.465 e. The third-order valence-electron chi connectivity index (χ3n) is 5.93. The molecule has 0 aliphatic carbocycles. The molecule has 1 amide bonds. The molecule has 2 N–H and O–H groups in total. The number of hydrogen-bond donors (Lipinski definition) is 2. The van der Waals surface area contributed by atoms with Gasteiger partial charge in [-0.2, -0.15) is 0 Å². The van der Waals surface area contributed by atoms with E-state index >= 15 is 0 Å². The molecule has 2 aliphatic heterocycles. The smallest absolute Gasteiger partial charge is 0.410 e. The number of benzene rings is 2. The standard InChI is InChI=1S/C28H34FN3O4/c1-28(2,3)36-27(33)32-17-22(24(30)18-32)26(21-11-4-5-12-23(21)29)31-16-19-9-8-10-20(15-19)35-25-13-6-7-14-34-25/h4-5,8-12,15,25,30-31H,6-7,13-14,16-18H2,1-3H3/b26-22-,30-24?. The topological polar surface area (TPSA) is 83.9 Å². The van der Waals surface area contributed by atoms with E-state index in [4.69, 9.17) is 19.6 Å². The van der Waals surface area contributed by atoms with Crippen molar-refractivity contribution in [2.24, 2.45) is 0 Å². The number of rotatable bonds is 6. The highest BCUT2D eigenvalue weighted by atomic mass is 19.1. The number of nitrogens with zero attached hydrogens (tertiary/aromatic N) is 1. The first kappa shape index (κ1) is 25.7. The van der Waals surface area contributed by atoms with Crippen LogP contribution in [0.3, 0.4) is 0 Å². The summed E-state index contributed by atoms with van der Waals surface area (Å²) in [6, 6.07) is 14.1. The van der Waals surface area contributed by atoms with Gasteiger partial charge in [-0.3, -0.25) is 4.90 Å². The second kappa shape index (κ2) is 11.1. The van der Waals surface area contributed by atoms with Crippen LogP contribution in [-0.2, 0) is 16.0 Å². The maximum absolute atomic E-state index is 14.9. The Morgan fingerprint density at radius 3 is 2.69 bits per heavy atom. The molecule has 2 aromatic carbocycles. The van der Waals surface area contributed by atoms with Gasteiger partial charge in [-0.1, -0.05) is 24.3 Å². The van der Waals surface area contributed by atoms with Crippen LogP contribution in [0, 0.1) is 11.2 Å². The predicted molar refractivity (Wildman–Crippen MR) is 136 cm³/mol. The predicted octanol–water partition coefficient (Wildman–Crippen LogP) is 5.50. The maximum atomic E-state index is 14.9. The molecule has 0 aromatic heterocycles. The summed E-state index contributed by atoms with van der Waals surface area (Å²) in [6.45, 7) is 6.75. The van der Waals surface area contributed by atoms with Crippen LogP contribution >= 0.6 is 0 Å².